The summed E-state index contributed by atoms with van der Waals surface area (Å²) in [4.78, 5) is 37.3. The van der Waals surface area contributed by atoms with E-state index >= 15 is 0 Å². The Morgan fingerprint density at radius 3 is 2.88 bits per heavy atom. The van der Waals surface area contributed by atoms with Crippen molar-refractivity contribution in [3.8, 4) is 0 Å². The molecule has 0 bridgehead atoms. The quantitative estimate of drug-likeness (QED) is 0.801. The molecule has 138 valence electrons. The molecule has 26 heavy (non-hydrogen) atoms. The molecular formula is C17H16ClFN2O4S. The van der Waals surface area contributed by atoms with Crippen molar-refractivity contribution in [2.45, 2.75) is 12.8 Å². The first-order valence-electron chi connectivity index (χ1n) is 7.98. The average molecular weight is 399 g/mol. The van der Waals surface area contributed by atoms with Gasteiger partial charge in [0.25, 0.3) is 5.91 Å². The minimum absolute atomic E-state index is 0.119. The van der Waals surface area contributed by atoms with E-state index in [-0.39, 0.29) is 22.4 Å². The fraction of sp³-hybridized carbons (Fsp3) is 0.353. The fourth-order valence-electron chi connectivity index (χ4n) is 2.89. The molecule has 2 N–H and O–H groups in total. The van der Waals surface area contributed by atoms with Crippen LogP contribution in [0.4, 0.5) is 4.39 Å². The van der Waals surface area contributed by atoms with Crippen molar-refractivity contribution in [3.05, 3.63) is 33.9 Å². The number of nitrogens with two attached hydrogens (primary N) is 1. The third kappa shape index (κ3) is 3.81. The summed E-state index contributed by atoms with van der Waals surface area (Å²) in [5.74, 6) is -2.39. The maximum Gasteiger partial charge on any atom is 0.350 e. The number of ether oxygens (including phenoxy) is 1. The highest BCUT2D eigenvalue weighted by Crippen LogP contribution is 2.36. The Hall–Kier alpha value is -2.19. The Bertz CT molecular complexity index is 885. The number of nitrogens with zero attached hydrogens (tertiary/aromatic N) is 1. The van der Waals surface area contributed by atoms with Crippen molar-refractivity contribution in [2.24, 2.45) is 11.7 Å². The zero-order chi connectivity index (χ0) is 18.8. The number of amides is 2. The van der Waals surface area contributed by atoms with Crippen LogP contribution in [-0.2, 0) is 14.3 Å². The summed E-state index contributed by atoms with van der Waals surface area (Å²) in [5, 5.41) is 0.728. The molecule has 6 nitrogen and oxygen atoms in total. The fourth-order valence-corrected chi connectivity index (χ4v) is 4.32. The number of hydrogen-bond acceptors (Lipinski definition) is 5. The van der Waals surface area contributed by atoms with Crippen LogP contribution in [0.2, 0.25) is 5.02 Å². The van der Waals surface area contributed by atoms with Gasteiger partial charge in [0.15, 0.2) is 6.61 Å². The van der Waals surface area contributed by atoms with E-state index in [9.17, 15) is 18.8 Å². The van der Waals surface area contributed by atoms with Gasteiger partial charge < -0.3 is 15.4 Å². The molecule has 0 aliphatic carbocycles. The number of halogens is 2. The van der Waals surface area contributed by atoms with Crippen LogP contribution in [0.3, 0.4) is 0 Å². The van der Waals surface area contributed by atoms with Gasteiger partial charge in [0.2, 0.25) is 5.91 Å². The van der Waals surface area contributed by atoms with Gasteiger partial charge in [0.05, 0.1) is 10.9 Å². The molecule has 2 aromatic rings. The molecule has 2 heterocycles. The van der Waals surface area contributed by atoms with Crippen LogP contribution in [0.25, 0.3) is 10.1 Å². The van der Waals surface area contributed by atoms with Gasteiger partial charge in [-0.15, -0.1) is 11.3 Å². The average Bonchev–Trinajstić information content (AvgIpc) is 2.95. The molecule has 1 aliphatic heterocycles. The van der Waals surface area contributed by atoms with Crippen molar-refractivity contribution >= 4 is 50.8 Å². The van der Waals surface area contributed by atoms with Crippen LogP contribution in [0.15, 0.2) is 18.2 Å². The van der Waals surface area contributed by atoms with E-state index in [1.165, 1.54) is 23.1 Å². The summed E-state index contributed by atoms with van der Waals surface area (Å²) in [6.07, 6.45) is 1.31. The molecule has 1 fully saturated rings. The number of rotatable bonds is 4. The molecular weight excluding hydrogens is 383 g/mol. The highest BCUT2D eigenvalue weighted by Gasteiger charge is 2.28. The number of esters is 1. The summed E-state index contributed by atoms with van der Waals surface area (Å²) in [5.41, 5.74) is 5.29. The van der Waals surface area contributed by atoms with E-state index in [4.69, 9.17) is 22.1 Å². The minimum atomic E-state index is -0.742. The van der Waals surface area contributed by atoms with Gasteiger partial charge in [0, 0.05) is 23.2 Å². The van der Waals surface area contributed by atoms with Crippen molar-refractivity contribution in [1.29, 1.82) is 0 Å². The smallest absolute Gasteiger partial charge is 0.350 e. The molecule has 1 aliphatic rings. The van der Waals surface area contributed by atoms with Crippen molar-refractivity contribution in [1.82, 2.24) is 4.90 Å². The maximum absolute atomic E-state index is 13.3. The Morgan fingerprint density at radius 2 is 2.15 bits per heavy atom. The van der Waals surface area contributed by atoms with Gasteiger partial charge in [-0.25, -0.2) is 9.18 Å². The zero-order valence-electron chi connectivity index (χ0n) is 13.7. The maximum atomic E-state index is 13.3. The molecule has 0 radical (unpaired) electrons. The van der Waals surface area contributed by atoms with Crippen LogP contribution < -0.4 is 5.73 Å². The number of carbonyl (C=O) groups excluding carboxylic acids is 3. The van der Waals surface area contributed by atoms with E-state index in [1.807, 2.05) is 0 Å². The SMILES string of the molecule is NC(=O)[C@H]1CCCN(C(=O)COC(=O)c2sc3cc(F)ccc3c2Cl)C1. The van der Waals surface area contributed by atoms with E-state index in [0.717, 1.165) is 11.3 Å². The lowest BCUT2D eigenvalue weighted by Crippen LogP contribution is -2.45. The Balaban J connectivity index is 1.64. The third-order valence-corrected chi connectivity index (χ3v) is 5.92. The van der Waals surface area contributed by atoms with Crippen LogP contribution in [-0.4, -0.2) is 42.4 Å². The number of hydrogen-bond donors (Lipinski definition) is 1. The Labute approximate surface area is 157 Å². The number of benzene rings is 1. The van der Waals surface area contributed by atoms with E-state index in [0.29, 0.717) is 29.5 Å². The summed E-state index contributed by atoms with van der Waals surface area (Å²) < 4.78 is 18.9. The number of piperidine rings is 1. The summed E-state index contributed by atoms with van der Waals surface area (Å²) in [6.45, 7) is 0.265. The van der Waals surface area contributed by atoms with E-state index in [1.54, 1.807) is 0 Å². The number of likely N-dealkylation sites (tertiary alicyclic amines) is 1. The first-order chi connectivity index (χ1) is 12.4. The molecule has 0 unspecified atom stereocenters. The number of fused-ring (bicyclic) bond motifs is 1. The predicted molar refractivity (Wildman–Crippen MR) is 95.6 cm³/mol. The minimum Gasteiger partial charge on any atom is -0.451 e. The zero-order valence-corrected chi connectivity index (χ0v) is 15.2. The van der Waals surface area contributed by atoms with Crippen LogP contribution in [0, 0.1) is 11.7 Å². The molecule has 3 rings (SSSR count). The molecule has 1 aromatic carbocycles. The van der Waals surface area contributed by atoms with E-state index < -0.39 is 30.2 Å². The van der Waals surface area contributed by atoms with Crippen molar-refractivity contribution < 1.29 is 23.5 Å². The summed E-state index contributed by atoms with van der Waals surface area (Å²) in [6, 6.07) is 4.03. The number of thiophene rings is 1. The lowest BCUT2D eigenvalue weighted by molar-refractivity contribution is -0.137. The second kappa shape index (κ2) is 7.59. The number of carbonyl (C=O) groups is 3. The van der Waals surface area contributed by atoms with Crippen LogP contribution >= 0.6 is 22.9 Å². The normalized spacial score (nSPS) is 17.3. The molecule has 1 saturated heterocycles. The standard InChI is InChI=1S/C17H16ClFN2O4S/c18-14-11-4-3-10(19)6-12(11)26-15(14)17(24)25-8-13(22)21-5-1-2-9(7-21)16(20)23/h3-4,6,9H,1-2,5,7-8H2,(H2,20,23)/t9-/m0/s1. The van der Waals surface area contributed by atoms with Gasteiger partial charge in [-0.3, -0.25) is 9.59 Å². The molecule has 9 heteroatoms. The second-order valence-electron chi connectivity index (χ2n) is 6.04. The van der Waals surface area contributed by atoms with E-state index in [2.05, 4.69) is 0 Å². The molecule has 1 aromatic heterocycles. The van der Waals surface area contributed by atoms with Crippen molar-refractivity contribution in [3.63, 3.8) is 0 Å². The first-order valence-corrected chi connectivity index (χ1v) is 9.18. The molecule has 2 amide bonds. The Kier molecular flexibility index (Phi) is 5.43. The highest BCUT2D eigenvalue weighted by atomic mass is 35.5. The molecule has 0 spiro atoms. The predicted octanol–water partition coefficient (Wildman–Crippen LogP) is 2.57. The number of primary amides is 1. The highest BCUT2D eigenvalue weighted by molar-refractivity contribution is 7.21. The first kappa shape index (κ1) is 18.6. The summed E-state index contributed by atoms with van der Waals surface area (Å²) in [7, 11) is 0. The van der Waals surface area contributed by atoms with Crippen LogP contribution in [0.5, 0.6) is 0 Å². The lowest BCUT2D eigenvalue weighted by Gasteiger charge is -2.30. The van der Waals surface area contributed by atoms with Gasteiger partial charge in [-0.1, -0.05) is 11.6 Å². The topological polar surface area (TPSA) is 89.7 Å². The lowest BCUT2D eigenvalue weighted by atomic mass is 9.97. The van der Waals surface area contributed by atoms with Gasteiger partial charge in [-0.2, -0.15) is 0 Å². The second-order valence-corrected chi connectivity index (χ2v) is 7.47. The van der Waals surface area contributed by atoms with Crippen LogP contribution in [0.1, 0.15) is 22.5 Å². The largest absolute Gasteiger partial charge is 0.451 e. The third-order valence-electron chi connectivity index (χ3n) is 4.28. The molecule has 0 saturated carbocycles. The monoisotopic (exact) mass is 398 g/mol. The molecule has 1 atom stereocenters. The Morgan fingerprint density at radius 1 is 1.38 bits per heavy atom. The van der Waals surface area contributed by atoms with Gasteiger partial charge in [-0.05, 0) is 31.0 Å². The van der Waals surface area contributed by atoms with Crippen molar-refractivity contribution in [2.75, 3.05) is 19.7 Å². The van der Waals surface area contributed by atoms with Gasteiger partial charge in [0.1, 0.15) is 10.7 Å². The van der Waals surface area contributed by atoms with Gasteiger partial charge >= 0.3 is 5.97 Å². The summed E-state index contributed by atoms with van der Waals surface area (Å²) >= 11 is 7.17.